The summed E-state index contributed by atoms with van der Waals surface area (Å²) in [5.74, 6) is -0.879. The molecule has 1 N–H and O–H groups in total. The number of benzene rings is 1. The molecular formula is C16H24N2O2. The van der Waals surface area contributed by atoms with Gasteiger partial charge in [-0.15, -0.1) is 0 Å². The van der Waals surface area contributed by atoms with Crippen molar-refractivity contribution in [2.75, 3.05) is 20.3 Å². The van der Waals surface area contributed by atoms with Gasteiger partial charge in [-0.05, 0) is 18.6 Å². The lowest BCUT2D eigenvalue weighted by molar-refractivity contribution is 0.0697. The number of carbonyl (C=O) groups is 1. The van der Waals surface area contributed by atoms with Gasteiger partial charge >= 0.3 is 5.97 Å². The highest BCUT2D eigenvalue weighted by Crippen LogP contribution is 2.05. The fourth-order valence-electron chi connectivity index (χ4n) is 1.88. The first-order valence-electron chi connectivity index (χ1n) is 7.04. The number of unbranched alkanes of at least 4 members (excludes halogenated alkanes) is 2. The van der Waals surface area contributed by atoms with E-state index in [4.69, 9.17) is 5.11 Å². The highest BCUT2D eigenvalue weighted by atomic mass is 16.4. The number of carboxylic acids is 1. The summed E-state index contributed by atoms with van der Waals surface area (Å²) in [4.78, 5) is 14.8. The highest BCUT2D eigenvalue weighted by Gasteiger charge is 2.06. The van der Waals surface area contributed by atoms with Gasteiger partial charge in [-0.3, -0.25) is 0 Å². The summed E-state index contributed by atoms with van der Waals surface area (Å²) < 4.78 is 0. The maximum absolute atomic E-state index is 10.2. The largest absolute Gasteiger partial charge is 0.478 e. The van der Waals surface area contributed by atoms with E-state index >= 15 is 0 Å². The minimum atomic E-state index is -0.879. The van der Waals surface area contributed by atoms with Crippen LogP contribution in [-0.2, 0) is 0 Å². The van der Waals surface area contributed by atoms with Crippen LogP contribution >= 0.6 is 0 Å². The van der Waals surface area contributed by atoms with Crippen molar-refractivity contribution in [2.24, 2.45) is 0 Å². The van der Waals surface area contributed by atoms with E-state index in [9.17, 15) is 4.79 Å². The molecule has 110 valence electrons. The molecule has 0 fully saturated rings. The van der Waals surface area contributed by atoms with E-state index < -0.39 is 5.97 Å². The van der Waals surface area contributed by atoms with Gasteiger partial charge in [-0.25, -0.2) is 4.79 Å². The van der Waals surface area contributed by atoms with Crippen LogP contribution in [0.15, 0.2) is 42.7 Å². The number of aromatic carboxylic acids is 1. The number of carboxylic acid groups (broad SMARTS) is 1. The average molecular weight is 276 g/mol. The normalized spacial score (nSPS) is 13.1. The average Bonchev–Trinajstić information content (AvgIpc) is 2.86. The van der Waals surface area contributed by atoms with Crippen molar-refractivity contribution in [3.8, 4) is 0 Å². The van der Waals surface area contributed by atoms with E-state index in [-0.39, 0.29) is 0 Å². The fraction of sp³-hybridized carbons (Fsp3) is 0.438. The summed E-state index contributed by atoms with van der Waals surface area (Å²) in [6.45, 7) is 4.53. The first-order valence-corrected chi connectivity index (χ1v) is 7.04. The van der Waals surface area contributed by atoms with Gasteiger partial charge in [0.05, 0.1) is 12.2 Å². The van der Waals surface area contributed by atoms with Crippen molar-refractivity contribution in [3.63, 3.8) is 0 Å². The van der Waals surface area contributed by atoms with Crippen LogP contribution in [0.25, 0.3) is 0 Å². The second-order valence-corrected chi connectivity index (χ2v) is 4.89. The van der Waals surface area contributed by atoms with Crippen molar-refractivity contribution in [3.05, 3.63) is 48.3 Å². The Morgan fingerprint density at radius 1 is 1.20 bits per heavy atom. The molecule has 1 aliphatic heterocycles. The molecule has 2 rings (SSSR count). The van der Waals surface area contributed by atoms with E-state index in [0.717, 1.165) is 6.67 Å². The zero-order chi connectivity index (χ0) is 14.8. The van der Waals surface area contributed by atoms with Crippen molar-refractivity contribution in [1.82, 2.24) is 9.80 Å². The summed E-state index contributed by atoms with van der Waals surface area (Å²) in [7, 11) is 2.11. The molecule has 0 amide bonds. The molecule has 4 heteroatoms. The lowest BCUT2D eigenvalue weighted by atomic mass is 10.2. The number of hydrogen-bond acceptors (Lipinski definition) is 3. The SMILES string of the molecule is CCCCCN1C=CN(C)C1.O=C(O)c1ccccc1. The Kier molecular flexibility index (Phi) is 7.25. The smallest absolute Gasteiger partial charge is 0.335 e. The molecule has 0 aromatic heterocycles. The minimum absolute atomic E-state index is 0.331. The van der Waals surface area contributed by atoms with Gasteiger partial charge in [0.1, 0.15) is 0 Å². The van der Waals surface area contributed by atoms with E-state index in [1.807, 2.05) is 0 Å². The van der Waals surface area contributed by atoms with Gasteiger partial charge in [-0.1, -0.05) is 38.0 Å². The minimum Gasteiger partial charge on any atom is -0.478 e. The van der Waals surface area contributed by atoms with Crippen LogP contribution in [-0.4, -0.2) is 41.1 Å². The van der Waals surface area contributed by atoms with Crippen LogP contribution in [0.3, 0.4) is 0 Å². The van der Waals surface area contributed by atoms with Gasteiger partial charge in [-0.2, -0.15) is 0 Å². The second kappa shape index (κ2) is 9.02. The van der Waals surface area contributed by atoms with E-state index in [1.54, 1.807) is 30.3 Å². The summed E-state index contributed by atoms with van der Waals surface area (Å²) in [5.41, 5.74) is 0.331. The Morgan fingerprint density at radius 2 is 1.90 bits per heavy atom. The molecule has 0 saturated heterocycles. The van der Waals surface area contributed by atoms with Crippen LogP contribution in [0, 0.1) is 0 Å². The van der Waals surface area contributed by atoms with Crippen LogP contribution in [0.4, 0.5) is 0 Å². The molecular weight excluding hydrogens is 252 g/mol. The molecule has 0 saturated carbocycles. The van der Waals surface area contributed by atoms with Crippen molar-refractivity contribution in [1.29, 1.82) is 0 Å². The summed E-state index contributed by atoms with van der Waals surface area (Å²) in [6.07, 6.45) is 8.30. The molecule has 0 atom stereocenters. The van der Waals surface area contributed by atoms with Gasteiger partial charge in [0, 0.05) is 26.0 Å². The monoisotopic (exact) mass is 276 g/mol. The van der Waals surface area contributed by atoms with E-state index in [2.05, 4.69) is 36.2 Å². The summed E-state index contributed by atoms with van der Waals surface area (Å²) in [6, 6.07) is 8.30. The Labute approximate surface area is 121 Å². The molecule has 1 aliphatic rings. The van der Waals surface area contributed by atoms with Crippen LogP contribution in [0.1, 0.15) is 36.5 Å². The third-order valence-electron chi connectivity index (χ3n) is 3.01. The lowest BCUT2D eigenvalue weighted by Gasteiger charge is -2.17. The molecule has 20 heavy (non-hydrogen) atoms. The Balaban J connectivity index is 0.000000204. The fourth-order valence-corrected chi connectivity index (χ4v) is 1.88. The van der Waals surface area contributed by atoms with Gasteiger partial charge < -0.3 is 14.9 Å². The molecule has 0 aliphatic carbocycles. The van der Waals surface area contributed by atoms with Crippen molar-refractivity contribution < 1.29 is 9.90 Å². The maximum Gasteiger partial charge on any atom is 0.335 e. The van der Waals surface area contributed by atoms with Crippen molar-refractivity contribution >= 4 is 5.97 Å². The zero-order valence-corrected chi connectivity index (χ0v) is 12.3. The lowest BCUT2D eigenvalue weighted by Crippen LogP contribution is -2.23. The number of nitrogens with zero attached hydrogens (tertiary/aromatic N) is 2. The third kappa shape index (κ3) is 6.27. The first-order chi connectivity index (χ1) is 9.63. The Bertz CT molecular complexity index is 418. The molecule has 4 nitrogen and oxygen atoms in total. The number of rotatable bonds is 5. The van der Waals surface area contributed by atoms with Gasteiger partial charge in [0.15, 0.2) is 0 Å². The Morgan fingerprint density at radius 3 is 2.35 bits per heavy atom. The molecule has 0 spiro atoms. The molecule has 1 aromatic carbocycles. The van der Waals surface area contributed by atoms with E-state index in [1.165, 1.54) is 25.8 Å². The van der Waals surface area contributed by atoms with Crippen LogP contribution in [0.2, 0.25) is 0 Å². The van der Waals surface area contributed by atoms with Crippen LogP contribution in [0.5, 0.6) is 0 Å². The van der Waals surface area contributed by atoms with E-state index in [0.29, 0.717) is 5.56 Å². The number of hydrogen-bond donors (Lipinski definition) is 1. The first kappa shape index (κ1) is 16.1. The quantitative estimate of drug-likeness (QED) is 0.839. The standard InChI is InChI=1S/C9H18N2.C7H6O2/c1-3-4-5-6-11-8-7-10(2)9-11;8-7(9)6-4-2-1-3-5-6/h7-8H,3-6,9H2,1-2H3;1-5H,(H,8,9). The van der Waals surface area contributed by atoms with Crippen molar-refractivity contribution in [2.45, 2.75) is 26.2 Å². The van der Waals surface area contributed by atoms with Gasteiger partial charge in [0.2, 0.25) is 0 Å². The predicted molar refractivity (Wildman–Crippen MR) is 81.4 cm³/mol. The molecule has 1 heterocycles. The molecule has 1 aromatic rings. The second-order valence-electron chi connectivity index (χ2n) is 4.89. The summed E-state index contributed by atoms with van der Waals surface area (Å²) >= 11 is 0. The third-order valence-corrected chi connectivity index (χ3v) is 3.01. The zero-order valence-electron chi connectivity index (χ0n) is 12.3. The predicted octanol–water partition coefficient (Wildman–Crippen LogP) is 3.24. The summed E-state index contributed by atoms with van der Waals surface area (Å²) in [5, 5.41) is 8.38. The highest BCUT2D eigenvalue weighted by molar-refractivity contribution is 5.87. The Hall–Kier alpha value is -1.97. The molecule has 0 unspecified atom stereocenters. The van der Waals surface area contributed by atoms with Crippen LogP contribution < -0.4 is 0 Å². The maximum atomic E-state index is 10.2. The molecule has 0 bridgehead atoms. The topological polar surface area (TPSA) is 43.8 Å². The van der Waals surface area contributed by atoms with Gasteiger partial charge in [0.25, 0.3) is 0 Å². The molecule has 0 radical (unpaired) electrons.